The first-order valence-electron chi connectivity index (χ1n) is 8.94. The van der Waals surface area contributed by atoms with Gasteiger partial charge in [0.05, 0.1) is 12.1 Å². The second-order valence-electron chi connectivity index (χ2n) is 6.46. The van der Waals surface area contributed by atoms with Crippen molar-refractivity contribution in [2.24, 2.45) is 4.99 Å². The van der Waals surface area contributed by atoms with E-state index in [-0.39, 0.29) is 24.0 Å². The number of halogens is 1. The minimum Gasteiger partial charge on any atom is -0.378 e. The van der Waals surface area contributed by atoms with Gasteiger partial charge in [0.1, 0.15) is 0 Å². The topological polar surface area (TPSA) is 40.1 Å². The van der Waals surface area contributed by atoms with Crippen LogP contribution in [0.25, 0.3) is 0 Å². The number of likely N-dealkylation sites (tertiary alicyclic amines) is 1. The summed E-state index contributed by atoms with van der Waals surface area (Å²) < 4.78 is 5.74. The van der Waals surface area contributed by atoms with Crippen LogP contribution in [0.15, 0.2) is 35.3 Å². The Morgan fingerprint density at radius 1 is 1.28 bits per heavy atom. The third-order valence-corrected chi connectivity index (χ3v) is 4.62. The van der Waals surface area contributed by atoms with E-state index in [0.29, 0.717) is 12.1 Å². The molecule has 6 heteroatoms. The molecule has 1 fully saturated rings. The van der Waals surface area contributed by atoms with Crippen LogP contribution in [0.1, 0.15) is 31.4 Å². The monoisotopic (exact) mass is 460 g/mol. The number of hydrogen-bond donors (Lipinski definition) is 1. The third kappa shape index (κ3) is 6.75. The van der Waals surface area contributed by atoms with Gasteiger partial charge >= 0.3 is 0 Å². The molecule has 0 aromatic heterocycles. The molecule has 1 aliphatic rings. The molecule has 1 aromatic carbocycles. The predicted molar refractivity (Wildman–Crippen MR) is 116 cm³/mol. The molecule has 1 aromatic rings. The van der Waals surface area contributed by atoms with E-state index < -0.39 is 0 Å². The highest BCUT2D eigenvalue weighted by Gasteiger charge is 2.22. The van der Waals surface area contributed by atoms with Crippen LogP contribution >= 0.6 is 24.0 Å². The largest absolute Gasteiger partial charge is 0.378 e. The summed E-state index contributed by atoms with van der Waals surface area (Å²) in [6.45, 7) is 5.72. The van der Waals surface area contributed by atoms with Crippen LogP contribution in [0.5, 0.6) is 0 Å². The second kappa shape index (κ2) is 11.7. The van der Waals surface area contributed by atoms with Gasteiger partial charge in [-0.3, -0.25) is 4.99 Å². The van der Waals surface area contributed by atoms with Crippen molar-refractivity contribution < 1.29 is 4.74 Å². The molecule has 0 amide bonds. The minimum atomic E-state index is 0. The van der Waals surface area contributed by atoms with E-state index in [2.05, 4.69) is 71.5 Å². The van der Waals surface area contributed by atoms with Crippen molar-refractivity contribution in [1.29, 1.82) is 0 Å². The molecular weight excluding hydrogens is 427 g/mol. The number of nitrogens with zero attached hydrogens (tertiary/aromatic N) is 3. The Labute approximate surface area is 169 Å². The van der Waals surface area contributed by atoms with E-state index in [1.54, 1.807) is 0 Å². The van der Waals surface area contributed by atoms with E-state index in [9.17, 15) is 0 Å². The van der Waals surface area contributed by atoms with Gasteiger partial charge in [0.2, 0.25) is 0 Å². The molecule has 1 saturated heterocycles. The average Bonchev–Trinajstić information content (AvgIpc) is 2.60. The molecule has 1 heterocycles. The maximum Gasteiger partial charge on any atom is 0.193 e. The third-order valence-electron chi connectivity index (χ3n) is 4.62. The molecule has 0 spiro atoms. The molecule has 1 unspecified atom stereocenters. The summed E-state index contributed by atoms with van der Waals surface area (Å²) >= 11 is 0. The van der Waals surface area contributed by atoms with Gasteiger partial charge in [-0.05, 0) is 39.4 Å². The van der Waals surface area contributed by atoms with Crippen LogP contribution < -0.4 is 5.32 Å². The Morgan fingerprint density at radius 2 is 1.92 bits per heavy atom. The fourth-order valence-corrected chi connectivity index (χ4v) is 3.26. The first-order chi connectivity index (χ1) is 11.7. The van der Waals surface area contributed by atoms with E-state index in [1.165, 1.54) is 5.56 Å². The molecular formula is C19H33IN4O. The number of guanidine groups is 1. The molecule has 5 nitrogen and oxygen atoms in total. The van der Waals surface area contributed by atoms with Crippen LogP contribution in [0.2, 0.25) is 0 Å². The van der Waals surface area contributed by atoms with Gasteiger partial charge in [-0.1, -0.05) is 30.3 Å². The van der Waals surface area contributed by atoms with E-state index in [1.807, 2.05) is 7.05 Å². The van der Waals surface area contributed by atoms with Gasteiger partial charge in [-0.2, -0.15) is 0 Å². The standard InChI is InChI=1S/C19H32N4O.HI/c1-5-24-17-11-13-23(14-12-17)19(20-2)21-15-18(22(3)4)16-9-7-6-8-10-16;/h6-10,17-18H,5,11-15H2,1-4H3,(H,20,21);1H. The molecule has 25 heavy (non-hydrogen) atoms. The summed E-state index contributed by atoms with van der Waals surface area (Å²) in [6, 6.07) is 10.9. The first-order valence-corrected chi connectivity index (χ1v) is 8.94. The molecule has 1 N–H and O–H groups in total. The molecule has 1 atom stereocenters. The number of ether oxygens (including phenoxy) is 1. The van der Waals surface area contributed by atoms with Crippen molar-refractivity contribution in [3.63, 3.8) is 0 Å². The number of piperidine rings is 1. The Kier molecular flexibility index (Phi) is 10.4. The Hall–Kier alpha value is -0.860. The number of aliphatic imine (C=N–C) groups is 1. The fraction of sp³-hybridized carbons (Fsp3) is 0.632. The highest BCUT2D eigenvalue weighted by Crippen LogP contribution is 2.18. The zero-order valence-corrected chi connectivity index (χ0v) is 18.3. The summed E-state index contributed by atoms with van der Waals surface area (Å²) in [6.07, 6.45) is 2.55. The van der Waals surface area contributed by atoms with Crippen molar-refractivity contribution in [1.82, 2.24) is 15.1 Å². The van der Waals surface area contributed by atoms with Gasteiger partial charge in [-0.25, -0.2) is 0 Å². The summed E-state index contributed by atoms with van der Waals surface area (Å²) in [5.41, 5.74) is 1.32. The quantitative estimate of drug-likeness (QED) is 0.403. The van der Waals surface area contributed by atoms with Gasteiger partial charge in [-0.15, -0.1) is 24.0 Å². The van der Waals surface area contributed by atoms with E-state index >= 15 is 0 Å². The zero-order chi connectivity index (χ0) is 17.4. The molecule has 142 valence electrons. The van der Waals surface area contributed by atoms with Gasteiger partial charge in [0.15, 0.2) is 5.96 Å². The van der Waals surface area contributed by atoms with E-state index in [4.69, 9.17) is 4.74 Å². The highest BCUT2D eigenvalue weighted by molar-refractivity contribution is 14.0. The van der Waals surface area contributed by atoms with Crippen LogP contribution in [-0.2, 0) is 4.74 Å². The number of hydrogen-bond acceptors (Lipinski definition) is 3. The molecule has 1 aliphatic heterocycles. The smallest absolute Gasteiger partial charge is 0.193 e. The summed E-state index contributed by atoms with van der Waals surface area (Å²) in [4.78, 5) is 9.07. The van der Waals surface area contributed by atoms with E-state index in [0.717, 1.165) is 45.0 Å². The molecule has 0 aliphatic carbocycles. The predicted octanol–water partition coefficient (Wildman–Crippen LogP) is 2.98. The number of rotatable bonds is 6. The summed E-state index contributed by atoms with van der Waals surface area (Å²) in [5.74, 6) is 0.993. The van der Waals surface area contributed by atoms with Crippen LogP contribution in [0.3, 0.4) is 0 Å². The second-order valence-corrected chi connectivity index (χ2v) is 6.46. The molecule has 0 saturated carbocycles. The van der Waals surface area contributed by atoms with Crippen LogP contribution in [-0.4, -0.2) is 69.2 Å². The Balaban J connectivity index is 0.00000312. The first kappa shape index (κ1) is 22.2. The number of likely N-dealkylation sites (N-methyl/N-ethyl adjacent to an activating group) is 1. The van der Waals surface area contributed by atoms with Crippen LogP contribution in [0, 0.1) is 0 Å². The summed E-state index contributed by atoms with van der Waals surface area (Å²) in [5, 5.41) is 3.56. The maximum absolute atomic E-state index is 5.74. The minimum absolute atomic E-state index is 0. The van der Waals surface area contributed by atoms with Crippen molar-refractivity contribution in [3.8, 4) is 0 Å². The maximum atomic E-state index is 5.74. The van der Waals surface area contributed by atoms with Crippen molar-refractivity contribution >= 4 is 29.9 Å². The lowest BCUT2D eigenvalue weighted by molar-refractivity contribution is 0.0263. The normalized spacial score (nSPS) is 17.3. The zero-order valence-electron chi connectivity index (χ0n) is 15.9. The lowest BCUT2D eigenvalue weighted by atomic mass is 10.1. The summed E-state index contributed by atoms with van der Waals surface area (Å²) in [7, 11) is 6.11. The Morgan fingerprint density at radius 3 is 2.44 bits per heavy atom. The molecule has 2 rings (SSSR count). The number of nitrogens with one attached hydrogen (secondary N) is 1. The molecule has 0 radical (unpaired) electrons. The Bertz CT molecular complexity index is 501. The van der Waals surface area contributed by atoms with Crippen LogP contribution in [0.4, 0.5) is 0 Å². The number of benzene rings is 1. The van der Waals surface area contributed by atoms with Crippen molar-refractivity contribution in [2.45, 2.75) is 31.9 Å². The van der Waals surface area contributed by atoms with Crippen molar-refractivity contribution in [2.75, 3.05) is 47.4 Å². The lowest BCUT2D eigenvalue weighted by Gasteiger charge is -2.35. The average molecular weight is 460 g/mol. The van der Waals surface area contributed by atoms with Gasteiger partial charge in [0.25, 0.3) is 0 Å². The highest BCUT2D eigenvalue weighted by atomic mass is 127. The molecule has 0 bridgehead atoms. The lowest BCUT2D eigenvalue weighted by Crippen LogP contribution is -2.48. The fourth-order valence-electron chi connectivity index (χ4n) is 3.26. The SMILES string of the molecule is CCOC1CCN(C(=NC)NCC(c2ccccc2)N(C)C)CC1.I. The van der Waals surface area contributed by atoms with Gasteiger partial charge in [0, 0.05) is 33.3 Å². The van der Waals surface area contributed by atoms with Gasteiger partial charge < -0.3 is 19.9 Å². The van der Waals surface area contributed by atoms with Crippen molar-refractivity contribution in [3.05, 3.63) is 35.9 Å².